The van der Waals surface area contributed by atoms with Gasteiger partial charge in [0.1, 0.15) is 4.90 Å². The first-order valence-electron chi connectivity index (χ1n) is 7.51. The average molecular weight is 397 g/mol. The standard InChI is InChI=1S/C17H17ClN2O3S2/c1-9-5-6-14(13(18)7-9)20-25(21,22)16-8-15(24-12(16)4)17-10(2)11(3)19-23-17/h5-8,20H,1-4H3. The lowest BCUT2D eigenvalue weighted by Gasteiger charge is -2.09. The summed E-state index contributed by atoms with van der Waals surface area (Å²) in [6.07, 6.45) is 0. The highest BCUT2D eigenvalue weighted by Gasteiger charge is 2.23. The summed E-state index contributed by atoms with van der Waals surface area (Å²) in [5.74, 6) is 0.598. The Balaban J connectivity index is 1.99. The van der Waals surface area contributed by atoms with Crippen molar-refractivity contribution in [1.29, 1.82) is 0 Å². The number of anilines is 1. The van der Waals surface area contributed by atoms with Gasteiger partial charge in [-0.25, -0.2) is 8.42 Å². The van der Waals surface area contributed by atoms with Crippen molar-refractivity contribution >= 4 is 38.6 Å². The Bertz CT molecular complexity index is 1050. The summed E-state index contributed by atoms with van der Waals surface area (Å²) in [7, 11) is -3.76. The van der Waals surface area contributed by atoms with E-state index in [0.717, 1.165) is 21.7 Å². The van der Waals surface area contributed by atoms with Crippen LogP contribution >= 0.6 is 22.9 Å². The Kier molecular flexibility index (Phi) is 4.66. The molecule has 3 aromatic rings. The van der Waals surface area contributed by atoms with E-state index >= 15 is 0 Å². The zero-order valence-electron chi connectivity index (χ0n) is 14.2. The first kappa shape index (κ1) is 18.0. The highest BCUT2D eigenvalue weighted by Crippen LogP contribution is 2.37. The van der Waals surface area contributed by atoms with Gasteiger partial charge >= 0.3 is 0 Å². The molecule has 25 heavy (non-hydrogen) atoms. The second-order valence-corrected chi connectivity index (χ2v) is 9.16. The molecule has 0 spiro atoms. The van der Waals surface area contributed by atoms with Gasteiger partial charge in [0, 0.05) is 10.4 Å². The first-order valence-corrected chi connectivity index (χ1v) is 10.2. The summed E-state index contributed by atoms with van der Waals surface area (Å²) in [6, 6.07) is 6.78. The zero-order chi connectivity index (χ0) is 18.4. The summed E-state index contributed by atoms with van der Waals surface area (Å²) in [4.78, 5) is 1.60. The van der Waals surface area contributed by atoms with Gasteiger partial charge in [0.05, 0.1) is 21.3 Å². The number of thiophene rings is 1. The van der Waals surface area contributed by atoms with Crippen molar-refractivity contribution in [2.24, 2.45) is 0 Å². The van der Waals surface area contributed by atoms with Crippen LogP contribution in [-0.2, 0) is 10.0 Å². The van der Waals surface area contributed by atoms with Crippen molar-refractivity contribution in [3.05, 3.63) is 51.0 Å². The molecule has 5 nitrogen and oxygen atoms in total. The highest BCUT2D eigenvalue weighted by molar-refractivity contribution is 7.93. The molecule has 8 heteroatoms. The lowest BCUT2D eigenvalue weighted by Crippen LogP contribution is -2.13. The van der Waals surface area contributed by atoms with Crippen molar-refractivity contribution in [2.45, 2.75) is 32.6 Å². The third-order valence-corrected chi connectivity index (χ3v) is 6.89. The summed E-state index contributed by atoms with van der Waals surface area (Å²) in [6.45, 7) is 7.40. The van der Waals surface area contributed by atoms with E-state index < -0.39 is 10.0 Å². The third-order valence-electron chi connectivity index (χ3n) is 3.91. The van der Waals surface area contributed by atoms with E-state index in [9.17, 15) is 8.42 Å². The maximum Gasteiger partial charge on any atom is 0.263 e. The highest BCUT2D eigenvalue weighted by atomic mass is 35.5. The Hall–Kier alpha value is -1.83. The fourth-order valence-corrected chi connectivity index (χ4v) is 5.44. The van der Waals surface area contributed by atoms with Crippen molar-refractivity contribution in [1.82, 2.24) is 5.16 Å². The van der Waals surface area contributed by atoms with Gasteiger partial charge in [-0.05, 0) is 51.5 Å². The molecule has 0 aliphatic carbocycles. The van der Waals surface area contributed by atoms with Crippen LogP contribution in [0.2, 0.25) is 5.02 Å². The lowest BCUT2D eigenvalue weighted by atomic mass is 10.2. The monoisotopic (exact) mass is 396 g/mol. The number of nitrogens with zero attached hydrogens (tertiary/aromatic N) is 1. The zero-order valence-corrected chi connectivity index (χ0v) is 16.6. The van der Waals surface area contributed by atoms with E-state index in [1.165, 1.54) is 11.3 Å². The lowest BCUT2D eigenvalue weighted by molar-refractivity contribution is 0.427. The largest absolute Gasteiger partial charge is 0.355 e. The minimum absolute atomic E-state index is 0.206. The van der Waals surface area contributed by atoms with Gasteiger partial charge in [0.2, 0.25) is 0 Å². The molecule has 0 aliphatic heterocycles. The predicted octanol–water partition coefficient (Wildman–Crippen LogP) is 5.09. The van der Waals surface area contributed by atoms with Gasteiger partial charge in [-0.2, -0.15) is 0 Å². The Morgan fingerprint density at radius 3 is 2.48 bits per heavy atom. The van der Waals surface area contributed by atoms with Crippen LogP contribution in [0.1, 0.15) is 21.7 Å². The average Bonchev–Trinajstić information content (AvgIpc) is 3.06. The van der Waals surface area contributed by atoms with Gasteiger partial charge in [0.15, 0.2) is 5.76 Å². The second-order valence-electron chi connectivity index (χ2n) is 5.84. The minimum atomic E-state index is -3.76. The normalized spacial score (nSPS) is 11.7. The van der Waals surface area contributed by atoms with Crippen molar-refractivity contribution in [3.63, 3.8) is 0 Å². The van der Waals surface area contributed by atoms with E-state index in [1.54, 1.807) is 31.2 Å². The van der Waals surface area contributed by atoms with Gasteiger partial charge < -0.3 is 4.52 Å². The minimum Gasteiger partial charge on any atom is -0.355 e. The van der Waals surface area contributed by atoms with Crippen LogP contribution in [0.15, 0.2) is 33.7 Å². The Labute approximate surface area is 155 Å². The molecular weight excluding hydrogens is 380 g/mol. The third kappa shape index (κ3) is 3.44. The number of hydrogen-bond donors (Lipinski definition) is 1. The number of rotatable bonds is 4. The molecule has 0 unspecified atom stereocenters. The van der Waals surface area contributed by atoms with Crippen LogP contribution in [-0.4, -0.2) is 13.6 Å². The number of sulfonamides is 1. The molecule has 0 aliphatic rings. The summed E-state index contributed by atoms with van der Waals surface area (Å²) in [5.41, 5.74) is 3.00. The molecule has 1 aromatic carbocycles. The van der Waals surface area contributed by atoms with E-state index in [1.807, 2.05) is 20.8 Å². The molecule has 0 bridgehead atoms. The molecule has 0 atom stereocenters. The van der Waals surface area contributed by atoms with Crippen molar-refractivity contribution in [2.75, 3.05) is 4.72 Å². The van der Waals surface area contributed by atoms with Gasteiger partial charge in [-0.1, -0.05) is 22.8 Å². The smallest absolute Gasteiger partial charge is 0.263 e. The molecule has 2 aromatic heterocycles. The molecule has 0 fully saturated rings. The van der Waals surface area contributed by atoms with Crippen molar-refractivity contribution < 1.29 is 12.9 Å². The van der Waals surface area contributed by atoms with Gasteiger partial charge in [0.25, 0.3) is 10.0 Å². The molecule has 0 saturated carbocycles. The van der Waals surface area contributed by atoms with E-state index in [2.05, 4.69) is 9.88 Å². The number of benzene rings is 1. The summed E-state index contributed by atoms with van der Waals surface area (Å²) in [5, 5.41) is 4.29. The van der Waals surface area contributed by atoms with Crippen LogP contribution in [0.4, 0.5) is 5.69 Å². The van der Waals surface area contributed by atoms with Crippen LogP contribution in [0.25, 0.3) is 10.6 Å². The number of nitrogens with one attached hydrogen (secondary N) is 1. The molecule has 1 N–H and O–H groups in total. The van der Waals surface area contributed by atoms with Gasteiger partial charge in [-0.15, -0.1) is 11.3 Å². The van der Waals surface area contributed by atoms with E-state index in [4.69, 9.17) is 16.1 Å². The number of aromatic nitrogens is 1. The van der Waals surface area contributed by atoms with Crippen molar-refractivity contribution in [3.8, 4) is 10.6 Å². The summed E-state index contributed by atoms with van der Waals surface area (Å²) < 4.78 is 33.5. The Morgan fingerprint density at radius 2 is 1.88 bits per heavy atom. The first-order chi connectivity index (χ1) is 11.7. The fraction of sp³-hybridized carbons (Fsp3) is 0.235. The maximum absolute atomic E-state index is 12.8. The number of halogens is 1. The van der Waals surface area contributed by atoms with Gasteiger partial charge in [-0.3, -0.25) is 4.72 Å². The second kappa shape index (κ2) is 6.48. The Morgan fingerprint density at radius 1 is 1.16 bits per heavy atom. The quantitative estimate of drug-likeness (QED) is 0.666. The molecule has 2 heterocycles. The van der Waals surface area contributed by atoms with Crippen LogP contribution < -0.4 is 4.72 Å². The van der Waals surface area contributed by atoms with E-state index in [0.29, 0.717) is 21.3 Å². The van der Waals surface area contributed by atoms with Crippen LogP contribution in [0.3, 0.4) is 0 Å². The molecular formula is C17H17ClN2O3S2. The summed E-state index contributed by atoms with van der Waals surface area (Å²) >= 11 is 7.49. The predicted molar refractivity (Wildman–Crippen MR) is 101 cm³/mol. The molecule has 3 rings (SSSR count). The topological polar surface area (TPSA) is 72.2 Å². The molecule has 0 amide bonds. The van der Waals surface area contributed by atoms with Crippen LogP contribution in [0.5, 0.6) is 0 Å². The molecule has 0 saturated heterocycles. The van der Waals surface area contributed by atoms with E-state index in [-0.39, 0.29) is 4.90 Å². The molecule has 132 valence electrons. The number of aryl methyl sites for hydroxylation is 3. The molecule has 0 radical (unpaired) electrons. The maximum atomic E-state index is 12.8. The SMILES string of the molecule is Cc1ccc(NS(=O)(=O)c2cc(-c3onc(C)c3C)sc2C)c(Cl)c1. The number of hydrogen-bond acceptors (Lipinski definition) is 5. The van der Waals surface area contributed by atoms with Crippen LogP contribution in [0, 0.1) is 27.7 Å². The fourth-order valence-electron chi connectivity index (χ4n) is 2.39.